The molecule has 0 radical (unpaired) electrons. The van der Waals surface area contributed by atoms with Crippen molar-refractivity contribution in [1.82, 2.24) is 9.97 Å². The van der Waals surface area contributed by atoms with Gasteiger partial charge in [0.1, 0.15) is 25.0 Å². The third kappa shape index (κ3) is 3.59. The molecule has 0 saturated carbocycles. The Labute approximate surface area is 133 Å². The molecule has 10 heteroatoms. The normalized spacial score (nSPS) is 11.1. The Morgan fingerprint density at radius 2 is 1.92 bits per heavy atom. The van der Waals surface area contributed by atoms with Crippen molar-refractivity contribution >= 4 is 11.7 Å². The zero-order valence-electron chi connectivity index (χ0n) is 12.4. The maximum Gasteiger partial charge on any atom is 0.360 e. The molecular weight excluding hydrogens is 331 g/mol. The van der Waals surface area contributed by atoms with Gasteiger partial charge in [0.05, 0.1) is 12.7 Å². The number of carbonyl (C=O) groups excluding carboxylic acids is 1. The minimum atomic E-state index is -1.48. The van der Waals surface area contributed by atoms with E-state index in [1.165, 1.54) is 7.11 Å². The van der Waals surface area contributed by atoms with Gasteiger partial charge in [0.15, 0.2) is 5.71 Å². The molecule has 0 aliphatic carbocycles. The van der Waals surface area contributed by atoms with E-state index in [9.17, 15) is 18.0 Å². The van der Waals surface area contributed by atoms with E-state index in [1.54, 1.807) is 0 Å². The molecule has 0 spiro atoms. The Morgan fingerprint density at radius 1 is 1.17 bits per heavy atom. The number of methoxy groups -OCH3 is 1. The molecular formula is C14H10F3N3O4. The highest BCUT2D eigenvalue weighted by molar-refractivity contribution is 6.43. The largest absolute Gasteiger partial charge is 0.464 e. The summed E-state index contributed by atoms with van der Waals surface area (Å²) in [6, 6.07) is 2.98. The number of aromatic nitrogens is 2. The number of ether oxygens (including phenoxy) is 2. The average Bonchev–Trinajstić information content (AvgIpc) is 2.57. The summed E-state index contributed by atoms with van der Waals surface area (Å²) in [5.74, 6) is -5.75. The van der Waals surface area contributed by atoms with Crippen molar-refractivity contribution in [2.75, 3.05) is 14.2 Å². The molecule has 2 aromatic rings. The lowest BCUT2D eigenvalue weighted by atomic mass is 10.1. The maximum absolute atomic E-state index is 13.6. The Balaban J connectivity index is 2.53. The van der Waals surface area contributed by atoms with Crippen molar-refractivity contribution < 1.29 is 32.3 Å². The standard InChI is InChI=1S/C14H10F3N3O4/c1-22-14(21)11(20-23-2)8-4-3-7(15)5-9(8)24-13-10(16)12(17)18-6-19-13/h3-6H,1-2H3/b20-11+. The molecule has 0 fully saturated rings. The van der Waals surface area contributed by atoms with Crippen LogP contribution in [0.4, 0.5) is 13.2 Å². The van der Waals surface area contributed by atoms with Gasteiger partial charge in [-0.25, -0.2) is 14.2 Å². The van der Waals surface area contributed by atoms with E-state index in [2.05, 4.69) is 24.7 Å². The van der Waals surface area contributed by atoms with Gasteiger partial charge in [-0.1, -0.05) is 5.16 Å². The Morgan fingerprint density at radius 3 is 2.58 bits per heavy atom. The van der Waals surface area contributed by atoms with Gasteiger partial charge < -0.3 is 14.3 Å². The lowest BCUT2D eigenvalue weighted by Gasteiger charge is -2.11. The van der Waals surface area contributed by atoms with Crippen molar-refractivity contribution in [1.29, 1.82) is 0 Å². The van der Waals surface area contributed by atoms with Crippen molar-refractivity contribution in [3.63, 3.8) is 0 Å². The molecule has 0 bridgehead atoms. The van der Waals surface area contributed by atoms with Gasteiger partial charge in [-0.05, 0) is 12.1 Å². The van der Waals surface area contributed by atoms with Crippen LogP contribution in [0.15, 0.2) is 29.7 Å². The van der Waals surface area contributed by atoms with E-state index in [-0.39, 0.29) is 17.0 Å². The van der Waals surface area contributed by atoms with E-state index >= 15 is 0 Å². The lowest BCUT2D eigenvalue weighted by molar-refractivity contribution is -0.132. The number of hydrogen-bond donors (Lipinski definition) is 0. The van der Waals surface area contributed by atoms with Gasteiger partial charge in [-0.3, -0.25) is 0 Å². The number of rotatable bonds is 5. The van der Waals surface area contributed by atoms with Gasteiger partial charge in [0, 0.05) is 6.07 Å². The molecule has 0 saturated heterocycles. The molecule has 0 atom stereocenters. The summed E-state index contributed by atoms with van der Waals surface area (Å²) in [6.45, 7) is 0. The summed E-state index contributed by atoms with van der Waals surface area (Å²) in [7, 11) is 2.27. The van der Waals surface area contributed by atoms with Crippen molar-refractivity contribution in [3.05, 3.63) is 47.7 Å². The highest BCUT2D eigenvalue weighted by Crippen LogP contribution is 2.28. The predicted octanol–water partition coefficient (Wildman–Crippen LogP) is 2.21. The zero-order chi connectivity index (χ0) is 17.7. The summed E-state index contributed by atoms with van der Waals surface area (Å²) in [5, 5.41) is 3.48. The third-order valence-electron chi connectivity index (χ3n) is 2.68. The predicted molar refractivity (Wildman–Crippen MR) is 74.0 cm³/mol. The maximum atomic E-state index is 13.6. The molecule has 126 valence electrons. The first-order chi connectivity index (χ1) is 11.5. The van der Waals surface area contributed by atoms with Gasteiger partial charge in [-0.2, -0.15) is 13.8 Å². The first-order valence-corrected chi connectivity index (χ1v) is 6.31. The average molecular weight is 341 g/mol. The number of esters is 1. The molecule has 0 N–H and O–H groups in total. The molecule has 1 aromatic heterocycles. The Bertz CT molecular complexity index is 799. The van der Waals surface area contributed by atoms with Crippen LogP contribution in [0.3, 0.4) is 0 Å². The van der Waals surface area contributed by atoms with Crippen LogP contribution in [0, 0.1) is 17.6 Å². The monoisotopic (exact) mass is 341 g/mol. The molecule has 1 heterocycles. The molecule has 0 aliphatic rings. The van der Waals surface area contributed by atoms with E-state index in [0.29, 0.717) is 0 Å². The van der Waals surface area contributed by atoms with Gasteiger partial charge >= 0.3 is 5.97 Å². The fourth-order valence-electron chi connectivity index (χ4n) is 1.67. The van der Waals surface area contributed by atoms with Crippen molar-refractivity contribution in [3.8, 4) is 11.6 Å². The first kappa shape index (κ1) is 17.2. The fraction of sp³-hybridized carbons (Fsp3) is 0.143. The molecule has 0 amide bonds. The van der Waals surface area contributed by atoms with Crippen LogP contribution >= 0.6 is 0 Å². The van der Waals surface area contributed by atoms with Crippen LogP contribution in [-0.4, -0.2) is 35.9 Å². The number of hydrogen-bond acceptors (Lipinski definition) is 7. The minimum absolute atomic E-state index is 0.0801. The topological polar surface area (TPSA) is 82.9 Å². The van der Waals surface area contributed by atoms with Crippen LogP contribution < -0.4 is 4.74 Å². The minimum Gasteiger partial charge on any atom is -0.464 e. The van der Waals surface area contributed by atoms with Crippen LogP contribution in [0.1, 0.15) is 5.56 Å². The van der Waals surface area contributed by atoms with Crippen LogP contribution in [0.2, 0.25) is 0 Å². The summed E-state index contributed by atoms with van der Waals surface area (Å²) in [5.41, 5.74) is -0.451. The second-order valence-corrected chi connectivity index (χ2v) is 4.14. The van der Waals surface area contributed by atoms with Crippen LogP contribution in [-0.2, 0) is 14.4 Å². The zero-order valence-corrected chi connectivity index (χ0v) is 12.4. The van der Waals surface area contributed by atoms with Gasteiger partial charge in [-0.15, -0.1) is 0 Å². The molecule has 0 aliphatic heterocycles. The molecule has 0 unspecified atom stereocenters. The first-order valence-electron chi connectivity index (χ1n) is 6.31. The lowest BCUT2D eigenvalue weighted by Crippen LogP contribution is -2.18. The number of oxime groups is 1. The van der Waals surface area contributed by atoms with Crippen molar-refractivity contribution in [2.24, 2.45) is 5.16 Å². The number of carbonyl (C=O) groups is 1. The summed E-state index contributed by atoms with van der Waals surface area (Å²) >= 11 is 0. The van der Waals surface area contributed by atoms with E-state index in [4.69, 9.17) is 4.74 Å². The number of halogens is 3. The number of benzene rings is 1. The SMILES string of the molecule is CO/N=C(/C(=O)OC)c1ccc(F)cc1Oc1ncnc(F)c1F. The fourth-order valence-corrected chi connectivity index (χ4v) is 1.67. The molecule has 1 aromatic carbocycles. The summed E-state index contributed by atoms with van der Waals surface area (Å²) in [6.07, 6.45) is 0.719. The van der Waals surface area contributed by atoms with E-state index in [1.807, 2.05) is 0 Å². The molecule has 2 rings (SSSR count). The summed E-state index contributed by atoms with van der Waals surface area (Å²) in [4.78, 5) is 22.7. The van der Waals surface area contributed by atoms with Gasteiger partial charge in [0.25, 0.3) is 11.8 Å². The Hall–Kier alpha value is -3.17. The Kier molecular flexibility index (Phi) is 5.30. The molecule has 24 heavy (non-hydrogen) atoms. The van der Waals surface area contributed by atoms with Crippen molar-refractivity contribution in [2.45, 2.75) is 0 Å². The summed E-state index contributed by atoms with van der Waals surface area (Å²) < 4.78 is 49.9. The van der Waals surface area contributed by atoms with E-state index in [0.717, 1.165) is 31.6 Å². The van der Waals surface area contributed by atoms with E-state index < -0.39 is 29.4 Å². The second-order valence-electron chi connectivity index (χ2n) is 4.14. The quantitative estimate of drug-likeness (QED) is 0.359. The number of nitrogens with zero attached hydrogens (tertiary/aromatic N) is 3. The highest BCUT2D eigenvalue weighted by atomic mass is 19.2. The van der Waals surface area contributed by atoms with Crippen LogP contribution in [0.5, 0.6) is 11.6 Å². The smallest absolute Gasteiger partial charge is 0.360 e. The highest BCUT2D eigenvalue weighted by Gasteiger charge is 2.23. The third-order valence-corrected chi connectivity index (χ3v) is 2.68. The van der Waals surface area contributed by atoms with Crippen LogP contribution in [0.25, 0.3) is 0 Å². The van der Waals surface area contributed by atoms with Gasteiger partial charge in [0.2, 0.25) is 5.82 Å². The molecule has 7 nitrogen and oxygen atoms in total. The second kappa shape index (κ2) is 7.40.